The first kappa shape index (κ1) is 15.8. The van der Waals surface area contributed by atoms with Gasteiger partial charge in [0.1, 0.15) is 6.04 Å². The van der Waals surface area contributed by atoms with E-state index in [1.807, 2.05) is 16.7 Å². The first-order valence-electron chi connectivity index (χ1n) is 7.07. The summed E-state index contributed by atoms with van der Waals surface area (Å²) in [6, 6.07) is -0.762. The number of aliphatic carboxylic acids is 1. The van der Waals surface area contributed by atoms with Crippen LogP contribution >= 0.6 is 23.5 Å². The molecule has 2 aliphatic rings. The Bertz CT molecular complexity index is 381. The molecule has 2 amide bonds. The molecule has 0 radical (unpaired) electrons. The lowest BCUT2D eigenvalue weighted by Crippen LogP contribution is -2.54. The zero-order valence-corrected chi connectivity index (χ0v) is 13.6. The fraction of sp³-hybridized carbons (Fsp3) is 0.846. The second-order valence-corrected chi connectivity index (χ2v) is 8.01. The molecule has 3 unspecified atom stereocenters. The number of carboxylic acids is 1. The fourth-order valence-corrected chi connectivity index (χ4v) is 5.16. The van der Waals surface area contributed by atoms with Gasteiger partial charge >= 0.3 is 12.0 Å². The van der Waals surface area contributed by atoms with E-state index in [9.17, 15) is 14.7 Å². The van der Waals surface area contributed by atoms with Gasteiger partial charge in [0.05, 0.1) is 5.37 Å². The predicted molar refractivity (Wildman–Crippen MR) is 83.3 cm³/mol. The van der Waals surface area contributed by atoms with Crippen molar-refractivity contribution >= 4 is 35.5 Å². The normalized spacial score (nSPS) is 30.6. The summed E-state index contributed by atoms with van der Waals surface area (Å²) in [5, 5.41) is 9.78. The number of carbonyl (C=O) groups excluding carboxylic acids is 1. The van der Waals surface area contributed by atoms with Gasteiger partial charge in [0.15, 0.2) is 0 Å². The highest BCUT2D eigenvalue weighted by molar-refractivity contribution is 8.00. The molecule has 0 aromatic heterocycles. The van der Waals surface area contributed by atoms with Crippen molar-refractivity contribution in [3.05, 3.63) is 0 Å². The number of hydrogen-bond donors (Lipinski definition) is 1. The largest absolute Gasteiger partial charge is 0.480 e. The van der Waals surface area contributed by atoms with E-state index in [2.05, 4.69) is 13.8 Å². The quantitative estimate of drug-likeness (QED) is 0.864. The van der Waals surface area contributed by atoms with Gasteiger partial charge in [-0.25, -0.2) is 9.59 Å². The van der Waals surface area contributed by atoms with Gasteiger partial charge in [0.25, 0.3) is 0 Å². The molecule has 0 spiro atoms. The van der Waals surface area contributed by atoms with E-state index in [1.54, 1.807) is 16.7 Å². The van der Waals surface area contributed by atoms with E-state index < -0.39 is 12.0 Å². The summed E-state index contributed by atoms with van der Waals surface area (Å²) in [6.45, 7) is 5.62. The third kappa shape index (κ3) is 3.36. The molecule has 0 saturated carbocycles. The number of hydrogen-bond acceptors (Lipinski definition) is 4. The Morgan fingerprint density at radius 1 is 1.35 bits per heavy atom. The predicted octanol–water partition coefficient (Wildman–Crippen LogP) is 2.17. The number of rotatable bonds is 3. The molecule has 7 heteroatoms. The average Bonchev–Trinajstić information content (AvgIpc) is 2.82. The molecule has 2 rings (SSSR count). The van der Waals surface area contributed by atoms with Crippen LogP contribution in [-0.4, -0.2) is 68.2 Å². The van der Waals surface area contributed by atoms with Crippen molar-refractivity contribution in [2.45, 2.75) is 43.4 Å². The summed E-state index contributed by atoms with van der Waals surface area (Å²) < 4.78 is 0. The Labute approximate surface area is 128 Å². The SMILES string of the molecule is CCCC1SCC(C(=O)O)N1C(=O)N1CCSC(C)C1. The summed E-state index contributed by atoms with van der Waals surface area (Å²) in [6.07, 6.45) is 1.82. The highest BCUT2D eigenvalue weighted by atomic mass is 32.2. The highest BCUT2D eigenvalue weighted by Gasteiger charge is 2.43. The van der Waals surface area contributed by atoms with Crippen LogP contribution in [0.2, 0.25) is 0 Å². The third-order valence-electron chi connectivity index (χ3n) is 3.65. The molecular weight excluding hydrogens is 296 g/mol. The van der Waals surface area contributed by atoms with Gasteiger partial charge in [-0.3, -0.25) is 4.90 Å². The molecule has 2 fully saturated rings. The van der Waals surface area contributed by atoms with Gasteiger partial charge < -0.3 is 10.0 Å². The summed E-state index contributed by atoms with van der Waals surface area (Å²) in [7, 11) is 0. The summed E-state index contributed by atoms with van der Waals surface area (Å²) >= 11 is 3.46. The van der Waals surface area contributed by atoms with Crippen molar-refractivity contribution in [1.29, 1.82) is 0 Å². The van der Waals surface area contributed by atoms with Crippen LogP contribution in [-0.2, 0) is 4.79 Å². The lowest BCUT2D eigenvalue weighted by Gasteiger charge is -2.37. The minimum atomic E-state index is -0.885. The zero-order valence-electron chi connectivity index (χ0n) is 11.9. The van der Waals surface area contributed by atoms with Crippen LogP contribution in [0, 0.1) is 0 Å². The fourth-order valence-electron chi connectivity index (χ4n) is 2.64. The first-order valence-corrected chi connectivity index (χ1v) is 9.17. The maximum absolute atomic E-state index is 12.7. The van der Waals surface area contributed by atoms with Crippen molar-refractivity contribution in [1.82, 2.24) is 9.80 Å². The topological polar surface area (TPSA) is 60.9 Å². The van der Waals surface area contributed by atoms with E-state index in [-0.39, 0.29) is 11.4 Å². The molecule has 3 atom stereocenters. The standard InChI is InChI=1S/C13H22N2O3S2/c1-3-4-11-15(10(8-20-11)12(16)17)13(18)14-5-6-19-9(2)7-14/h9-11H,3-8H2,1-2H3,(H,16,17). The minimum absolute atomic E-state index is 0.0125. The molecule has 2 saturated heterocycles. The maximum atomic E-state index is 12.7. The molecule has 0 bridgehead atoms. The third-order valence-corrected chi connectivity index (χ3v) is 6.14. The average molecular weight is 318 g/mol. The second kappa shape index (κ2) is 6.93. The minimum Gasteiger partial charge on any atom is -0.480 e. The van der Waals surface area contributed by atoms with E-state index in [0.717, 1.165) is 31.7 Å². The van der Waals surface area contributed by atoms with Crippen LogP contribution in [0.5, 0.6) is 0 Å². The molecule has 0 aromatic carbocycles. The molecule has 0 aromatic rings. The number of urea groups is 1. The van der Waals surface area contributed by atoms with Crippen LogP contribution in [0.3, 0.4) is 0 Å². The lowest BCUT2D eigenvalue weighted by molar-refractivity contribution is -0.141. The van der Waals surface area contributed by atoms with E-state index in [4.69, 9.17) is 0 Å². The van der Waals surface area contributed by atoms with Gasteiger partial charge in [-0.15, -0.1) is 11.8 Å². The summed E-state index contributed by atoms with van der Waals surface area (Å²) in [4.78, 5) is 27.5. The Hall–Kier alpha value is -0.560. The summed E-state index contributed by atoms with van der Waals surface area (Å²) in [5.41, 5.74) is 0. The van der Waals surface area contributed by atoms with Gasteiger partial charge in [-0.1, -0.05) is 20.3 Å². The maximum Gasteiger partial charge on any atom is 0.327 e. The van der Waals surface area contributed by atoms with Crippen molar-refractivity contribution in [2.75, 3.05) is 24.6 Å². The number of carboxylic acid groups (broad SMARTS) is 1. The zero-order chi connectivity index (χ0) is 14.7. The van der Waals surface area contributed by atoms with Crippen molar-refractivity contribution < 1.29 is 14.7 Å². The van der Waals surface area contributed by atoms with Crippen LogP contribution in [0.1, 0.15) is 26.7 Å². The van der Waals surface area contributed by atoms with Crippen molar-refractivity contribution in [2.24, 2.45) is 0 Å². The van der Waals surface area contributed by atoms with E-state index >= 15 is 0 Å². The van der Waals surface area contributed by atoms with Crippen LogP contribution in [0.4, 0.5) is 4.79 Å². The Balaban J connectivity index is 2.11. The summed E-state index contributed by atoms with van der Waals surface area (Å²) in [5.74, 6) is 0.553. The monoisotopic (exact) mass is 318 g/mol. The number of amides is 2. The van der Waals surface area contributed by atoms with Crippen molar-refractivity contribution in [3.63, 3.8) is 0 Å². The number of carbonyl (C=O) groups is 2. The lowest BCUT2D eigenvalue weighted by atomic mass is 10.2. The molecule has 5 nitrogen and oxygen atoms in total. The molecule has 2 heterocycles. The van der Waals surface area contributed by atoms with Gasteiger partial charge in [0.2, 0.25) is 0 Å². The molecule has 20 heavy (non-hydrogen) atoms. The van der Waals surface area contributed by atoms with E-state index in [0.29, 0.717) is 11.0 Å². The van der Waals surface area contributed by atoms with Crippen LogP contribution < -0.4 is 0 Å². The highest BCUT2D eigenvalue weighted by Crippen LogP contribution is 2.34. The van der Waals surface area contributed by atoms with Crippen LogP contribution in [0.25, 0.3) is 0 Å². The van der Waals surface area contributed by atoms with Gasteiger partial charge in [0, 0.05) is 29.8 Å². The van der Waals surface area contributed by atoms with Crippen molar-refractivity contribution in [3.8, 4) is 0 Å². The number of thioether (sulfide) groups is 2. The molecule has 0 aliphatic carbocycles. The first-order chi connectivity index (χ1) is 9.54. The molecule has 2 aliphatic heterocycles. The Morgan fingerprint density at radius 2 is 2.10 bits per heavy atom. The Morgan fingerprint density at radius 3 is 2.70 bits per heavy atom. The second-order valence-electron chi connectivity index (χ2n) is 5.25. The number of nitrogens with zero attached hydrogens (tertiary/aromatic N) is 2. The molecule has 114 valence electrons. The molecular formula is C13H22N2O3S2. The van der Waals surface area contributed by atoms with E-state index in [1.165, 1.54) is 0 Å². The smallest absolute Gasteiger partial charge is 0.327 e. The van der Waals surface area contributed by atoms with Gasteiger partial charge in [-0.2, -0.15) is 11.8 Å². The van der Waals surface area contributed by atoms with Gasteiger partial charge in [-0.05, 0) is 6.42 Å². The molecule has 1 N–H and O–H groups in total. The Kier molecular flexibility index (Phi) is 5.49. The van der Waals surface area contributed by atoms with Crippen LogP contribution in [0.15, 0.2) is 0 Å².